The highest BCUT2D eigenvalue weighted by Gasteiger charge is 2.20. The molecule has 1 aliphatic rings. The molecule has 5 heteroatoms. The standard InChI is InChI=1S/C20H23N5/c21-14-19-17-8-4-5-9-18(17)20(23-22-19)25-12-10-24(11-13-25)15-16-6-2-1-3-7-16/h1-9H,10-15,21H2. The third-order valence-electron chi connectivity index (χ3n) is 4.86. The van der Waals surface area contributed by atoms with Crippen molar-refractivity contribution in [1.82, 2.24) is 15.1 Å². The Morgan fingerprint density at radius 3 is 2.20 bits per heavy atom. The smallest absolute Gasteiger partial charge is 0.159 e. The van der Waals surface area contributed by atoms with E-state index in [9.17, 15) is 0 Å². The lowest BCUT2D eigenvalue weighted by atomic mass is 10.1. The SMILES string of the molecule is NCc1nnc(N2CCN(Cc3ccccc3)CC2)c2ccccc12. The third kappa shape index (κ3) is 3.34. The number of nitrogens with two attached hydrogens (primary N) is 1. The average molecular weight is 333 g/mol. The second-order valence-electron chi connectivity index (χ2n) is 6.47. The van der Waals surface area contributed by atoms with Crippen LogP contribution in [0.3, 0.4) is 0 Å². The number of anilines is 1. The molecule has 2 N–H and O–H groups in total. The second-order valence-corrected chi connectivity index (χ2v) is 6.47. The molecule has 0 saturated carbocycles. The molecule has 25 heavy (non-hydrogen) atoms. The number of hydrogen-bond acceptors (Lipinski definition) is 5. The van der Waals surface area contributed by atoms with Gasteiger partial charge < -0.3 is 10.6 Å². The quantitative estimate of drug-likeness (QED) is 0.794. The summed E-state index contributed by atoms with van der Waals surface area (Å²) in [6.45, 7) is 5.42. The Morgan fingerprint density at radius 1 is 0.800 bits per heavy atom. The lowest BCUT2D eigenvalue weighted by Gasteiger charge is -2.35. The minimum atomic E-state index is 0.415. The molecule has 0 spiro atoms. The number of rotatable bonds is 4. The molecular weight excluding hydrogens is 310 g/mol. The van der Waals surface area contributed by atoms with Crippen LogP contribution < -0.4 is 10.6 Å². The Morgan fingerprint density at radius 2 is 1.48 bits per heavy atom. The van der Waals surface area contributed by atoms with E-state index < -0.39 is 0 Å². The number of piperazine rings is 1. The van der Waals surface area contributed by atoms with Crippen LogP contribution in [-0.4, -0.2) is 41.3 Å². The fourth-order valence-electron chi connectivity index (χ4n) is 3.49. The Balaban J connectivity index is 1.50. The van der Waals surface area contributed by atoms with Crippen molar-refractivity contribution in [2.24, 2.45) is 5.73 Å². The average Bonchev–Trinajstić information content (AvgIpc) is 2.69. The van der Waals surface area contributed by atoms with E-state index in [0.717, 1.165) is 55.0 Å². The predicted molar refractivity (Wildman–Crippen MR) is 101 cm³/mol. The van der Waals surface area contributed by atoms with Gasteiger partial charge in [0.15, 0.2) is 5.82 Å². The number of fused-ring (bicyclic) bond motifs is 1. The van der Waals surface area contributed by atoms with Gasteiger partial charge in [0.05, 0.1) is 5.69 Å². The molecule has 5 nitrogen and oxygen atoms in total. The first-order valence-electron chi connectivity index (χ1n) is 8.81. The van der Waals surface area contributed by atoms with Crippen molar-refractivity contribution in [3.8, 4) is 0 Å². The van der Waals surface area contributed by atoms with E-state index in [-0.39, 0.29) is 0 Å². The molecule has 128 valence electrons. The highest BCUT2D eigenvalue weighted by Crippen LogP contribution is 2.26. The molecular formula is C20H23N5. The number of benzene rings is 2. The van der Waals surface area contributed by atoms with Gasteiger partial charge in [0.1, 0.15) is 0 Å². The maximum atomic E-state index is 5.81. The molecule has 1 fully saturated rings. The molecule has 1 aromatic heterocycles. The van der Waals surface area contributed by atoms with Crippen LogP contribution in [0.1, 0.15) is 11.3 Å². The highest BCUT2D eigenvalue weighted by molar-refractivity contribution is 5.93. The van der Waals surface area contributed by atoms with Crippen LogP contribution >= 0.6 is 0 Å². The first-order chi connectivity index (χ1) is 12.3. The molecule has 0 atom stereocenters. The molecule has 1 saturated heterocycles. The lowest BCUT2D eigenvalue weighted by molar-refractivity contribution is 0.249. The van der Waals surface area contributed by atoms with Crippen LogP contribution in [0.15, 0.2) is 54.6 Å². The first kappa shape index (κ1) is 16.0. The van der Waals surface area contributed by atoms with Crippen molar-refractivity contribution in [3.05, 3.63) is 65.9 Å². The van der Waals surface area contributed by atoms with Crippen molar-refractivity contribution in [1.29, 1.82) is 0 Å². The summed E-state index contributed by atoms with van der Waals surface area (Å²) in [5, 5.41) is 11.1. The van der Waals surface area contributed by atoms with Crippen LogP contribution in [0.2, 0.25) is 0 Å². The normalized spacial score (nSPS) is 15.6. The van der Waals surface area contributed by atoms with Gasteiger partial charge in [-0.05, 0) is 5.56 Å². The zero-order valence-electron chi connectivity index (χ0n) is 14.3. The van der Waals surface area contributed by atoms with E-state index in [2.05, 4.69) is 68.5 Å². The van der Waals surface area contributed by atoms with Gasteiger partial charge in [-0.25, -0.2) is 0 Å². The number of nitrogens with zero attached hydrogens (tertiary/aromatic N) is 4. The third-order valence-corrected chi connectivity index (χ3v) is 4.86. The van der Waals surface area contributed by atoms with Gasteiger partial charge in [0, 0.05) is 50.0 Å². The van der Waals surface area contributed by atoms with Crippen LogP contribution in [0.4, 0.5) is 5.82 Å². The molecule has 2 heterocycles. The van der Waals surface area contributed by atoms with Gasteiger partial charge in [-0.2, -0.15) is 5.10 Å². The summed E-state index contributed by atoms with van der Waals surface area (Å²) in [6, 6.07) is 18.9. The van der Waals surface area contributed by atoms with Crippen LogP contribution in [0, 0.1) is 0 Å². The lowest BCUT2D eigenvalue weighted by Crippen LogP contribution is -2.46. The fourth-order valence-corrected chi connectivity index (χ4v) is 3.49. The van der Waals surface area contributed by atoms with Crippen molar-refractivity contribution in [2.75, 3.05) is 31.1 Å². The van der Waals surface area contributed by atoms with E-state index >= 15 is 0 Å². The summed E-state index contributed by atoms with van der Waals surface area (Å²) in [4.78, 5) is 4.84. The van der Waals surface area contributed by atoms with Gasteiger partial charge in [-0.15, -0.1) is 5.10 Å². The number of aromatic nitrogens is 2. The monoisotopic (exact) mass is 333 g/mol. The molecule has 0 amide bonds. The maximum Gasteiger partial charge on any atom is 0.159 e. The van der Waals surface area contributed by atoms with Crippen molar-refractivity contribution in [2.45, 2.75) is 13.1 Å². The highest BCUT2D eigenvalue weighted by atomic mass is 15.3. The van der Waals surface area contributed by atoms with Crippen LogP contribution in [0.25, 0.3) is 10.8 Å². The van der Waals surface area contributed by atoms with E-state index in [4.69, 9.17) is 5.73 Å². The Hall–Kier alpha value is -2.50. The van der Waals surface area contributed by atoms with E-state index in [0.29, 0.717) is 6.54 Å². The van der Waals surface area contributed by atoms with Gasteiger partial charge in [0.2, 0.25) is 0 Å². The zero-order chi connectivity index (χ0) is 17.1. The minimum Gasteiger partial charge on any atom is -0.352 e. The van der Waals surface area contributed by atoms with Gasteiger partial charge in [-0.3, -0.25) is 4.90 Å². The molecule has 4 rings (SSSR count). The summed E-state index contributed by atoms with van der Waals surface area (Å²) in [7, 11) is 0. The van der Waals surface area contributed by atoms with Gasteiger partial charge in [-0.1, -0.05) is 54.6 Å². The van der Waals surface area contributed by atoms with Gasteiger partial charge in [0.25, 0.3) is 0 Å². The van der Waals surface area contributed by atoms with E-state index in [1.807, 2.05) is 6.07 Å². The van der Waals surface area contributed by atoms with Crippen molar-refractivity contribution in [3.63, 3.8) is 0 Å². The Bertz CT molecular complexity index is 841. The van der Waals surface area contributed by atoms with Crippen LogP contribution in [-0.2, 0) is 13.1 Å². The molecule has 3 aromatic rings. The topological polar surface area (TPSA) is 58.3 Å². The molecule has 2 aromatic carbocycles. The summed E-state index contributed by atoms with van der Waals surface area (Å²) >= 11 is 0. The molecule has 0 aliphatic carbocycles. The minimum absolute atomic E-state index is 0.415. The molecule has 1 aliphatic heterocycles. The summed E-state index contributed by atoms with van der Waals surface area (Å²) in [5.41, 5.74) is 8.05. The Kier molecular flexibility index (Phi) is 4.59. The maximum absolute atomic E-state index is 5.81. The second kappa shape index (κ2) is 7.17. The van der Waals surface area contributed by atoms with Crippen LogP contribution in [0.5, 0.6) is 0 Å². The number of hydrogen-bond donors (Lipinski definition) is 1. The molecule has 0 unspecified atom stereocenters. The Labute approximate surface area is 148 Å². The zero-order valence-corrected chi connectivity index (χ0v) is 14.3. The van der Waals surface area contributed by atoms with E-state index in [1.54, 1.807) is 0 Å². The predicted octanol–water partition coefficient (Wildman–Crippen LogP) is 2.41. The summed E-state index contributed by atoms with van der Waals surface area (Å²) in [6.07, 6.45) is 0. The summed E-state index contributed by atoms with van der Waals surface area (Å²) < 4.78 is 0. The van der Waals surface area contributed by atoms with Crippen molar-refractivity contribution < 1.29 is 0 Å². The first-order valence-corrected chi connectivity index (χ1v) is 8.81. The fraction of sp³-hybridized carbons (Fsp3) is 0.300. The largest absolute Gasteiger partial charge is 0.352 e. The van der Waals surface area contributed by atoms with E-state index in [1.165, 1.54) is 5.56 Å². The molecule has 0 radical (unpaired) electrons. The molecule has 0 bridgehead atoms. The van der Waals surface area contributed by atoms with Crippen molar-refractivity contribution >= 4 is 16.6 Å². The van der Waals surface area contributed by atoms with Gasteiger partial charge >= 0.3 is 0 Å². The summed E-state index contributed by atoms with van der Waals surface area (Å²) in [5.74, 6) is 0.979.